The van der Waals surface area contributed by atoms with Crippen LogP contribution < -0.4 is 4.74 Å². The first-order valence-corrected chi connectivity index (χ1v) is 9.54. The second kappa shape index (κ2) is 8.35. The van der Waals surface area contributed by atoms with Gasteiger partial charge in [0.2, 0.25) is 0 Å². The van der Waals surface area contributed by atoms with Crippen LogP contribution in [0.15, 0.2) is 18.2 Å². The van der Waals surface area contributed by atoms with Crippen molar-refractivity contribution in [2.75, 3.05) is 40.3 Å². The molecule has 3 aliphatic rings. The molecule has 2 bridgehead atoms. The quantitative estimate of drug-likeness (QED) is 0.828. The SMILES string of the molecule is CN(C)C(=O)N1C[C@H]2CC[C@@H](C1)N(Cc1cc(Cl)ccc1OCC(=O)O)C2. The van der Waals surface area contributed by atoms with E-state index in [1.165, 1.54) is 0 Å². The zero-order valence-corrected chi connectivity index (χ0v) is 16.5. The highest BCUT2D eigenvalue weighted by molar-refractivity contribution is 6.30. The summed E-state index contributed by atoms with van der Waals surface area (Å²) in [6.45, 7) is 2.64. The first-order chi connectivity index (χ1) is 12.8. The van der Waals surface area contributed by atoms with Crippen molar-refractivity contribution in [1.29, 1.82) is 0 Å². The molecule has 1 N–H and O–H groups in total. The van der Waals surface area contributed by atoms with Crippen LogP contribution in [0.4, 0.5) is 4.79 Å². The maximum Gasteiger partial charge on any atom is 0.341 e. The summed E-state index contributed by atoms with van der Waals surface area (Å²) in [6.07, 6.45) is 2.17. The Hall–Kier alpha value is -1.99. The lowest BCUT2D eigenvalue weighted by molar-refractivity contribution is -0.139. The molecule has 0 radical (unpaired) electrons. The molecule has 27 heavy (non-hydrogen) atoms. The molecular weight excluding hydrogens is 370 g/mol. The van der Waals surface area contributed by atoms with Gasteiger partial charge in [0.1, 0.15) is 5.75 Å². The molecular formula is C19H26ClN3O4. The Kier molecular flexibility index (Phi) is 6.11. The van der Waals surface area contributed by atoms with Gasteiger partial charge in [-0.15, -0.1) is 0 Å². The number of benzene rings is 1. The number of aliphatic carboxylic acids is 1. The van der Waals surface area contributed by atoms with Gasteiger partial charge in [0.25, 0.3) is 0 Å². The smallest absolute Gasteiger partial charge is 0.341 e. The minimum atomic E-state index is -1.01. The van der Waals surface area contributed by atoms with E-state index in [9.17, 15) is 9.59 Å². The monoisotopic (exact) mass is 395 g/mol. The van der Waals surface area contributed by atoms with Crippen molar-refractivity contribution >= 4 is 23.6 Å². The first kappa shape index (κ1) is 19.8. The number of hydrogen-bond donors (Lipinski definition) is 1. The fourth-order valence-corrected chi connectivity index (χ4v) is 4.18. The summed E-state index contributed by atoms with van der Waals surface area (Å²) < 4.78 is 5.44. The van der Waals surface area contributed by atoms with Crippen molar-refractivity contribution < 1.29 is 19.4 Å². The number of rotatable bonds is 5. The normalized spacial score (nSPS) is 22.4. The van der Waals surface area contributed by atoms with Crippen molar-refractivity contribution in [3.8, 4) is 5.75 Å². The van der Waals surface area contributed by atoms with Crippen LogP contribution >= 0.6 is 11.6 Å². The number of urea groups is 1. The highest BCUT2D eigenvalue weighted by atomic mass is 35.5. The molecule has 2 atom stereocenters. The van der Waals surface area contributed by atoms with E-state index in [0.29, 0.717) is 29.8 Å². The Morgan fingerprint density at radius 2 is 2.04 bits per heavy atom. The average molecular weight is 396 g/mol. The number of carboxylic acid groups (broad SMARTS) is 1. The van der Waals surface area contributed by atoms with E-state index in [0.717, 1.165) is 31.5 Å². The molecule has 4 rings (SSSR count). The lowest BCUT2D eigenvalue weighted by Gasteiger charge is -2.36. The molecule has 3 saturated heterocycles. The molecule has 2 amide bonds. The minimum absolute atomic E-state index is 0.0574. The number of carbonyl (C=O) groups excluding carboxylic acids is 1. The number of ether oxygens (including phenoxy) is 1. The first-order valence-electron chi connectivity index (χ1n) is 9.16. The number of amides is 2. The molecule has 8 heteroatoms. The second-order valence-corrected chi connectivity index (χ2v) is 7.98. The molecule has 0 spiro atoms. The van der Waals surface area contributed by atoms with Crippen molar-refractivity contribution in [1.82, 2.24) is 14.7 Å². The summed E-state index contributed by atoms with van der Waals surface area (Å²) >= 11 is 6.16. The third kappa shape index (κ3) is 4.84. The summed E-state index contributed by atoms with van der Waals surface area (Å²) in [6, 6.07) is 5.59. The fourth-order valence-electron chi connectivity index (χ4n) is 3.98. The predicted molar refractivity (Wildman–Crippen MR) is 102 cm³/mol. The number of hydrogen-bond acceptors (Lipinski definition) is 4. The largest absolute Gasteiger partial charge is 0.482 e. The number of fused-ring (bicyclic) bond motifs is 4. The fraction of sp³-hybridized carbons (Fsp3) is 0.579. The number of carboxylic acids is 1. The van der Waals surface area contributed by atoms with Crippen LogP contribution in [0.5, 0.6) is 5.75 Å². The van der Waals surface area contributed by atoms with Gasteiger partial charge >= 0.3 is 12.0 Å². The van der Waals surface area contributed by atoms with Gasteiger partial charge < -0.3 is 19.6 Å². The highest BCUT2D eigenvalue weighted by Gasteiger charge is 2.37. The molecule has 7 nitrogen and oxygen atoms in total. The summed E-state index contributed by atoms with van der Waals surface area (Å²) in [5, 5.41) is 9.48. The van der Waals surface area contributed by atoms with E-state index in [1.54, 1.807) is 31.1 Å². The van der Waals surface area contributed by atoms with Crippen LogP contribution in [0.3, 0.4) is 0 Å². The lowest BCUT2D eigenvalue weighted by Crippen LogP contribution is -2.45. The van der Waals surface area contributed by atoms with Gasteiger partial charge in [0, 0.05) is 56.9 Å². The van der Waals surface area contributed by atoms with E-state index >= 15 is 0 Å². The van der Waals surface area contributed by atoms with E-state index in [2.05, 4.69) is 4.90 Å². The summed E-state index contributed by atoms with van der Waals surface area (Å²) in [5.74, 6) is -0.0269. The highest BCUT2D eigenvalue weighted by Crippen LogP contribution is 2.32. The van der Waals surface area contributed by atoms with Crippen LogP contribution in [0.25, 0.3) is 0 Å². The molecule has 3 fully saturated rings. The van der Waals surface area contributed by atoms with Gasteiger partial charge in [0.15, 0.2) is 6.61 Å². The molecule has 1 aromatic rings. The standard InChI is InChI=1S/C19H26ClN3O4/c1-21(2)19(26)23-9-13-3-5-16(11-23)22(8-13)10-14-7-15(20)4-6-17(14)27-12-18(24)25/h4,6-7,13,16H,3,5,8-12H2,1-2H3,(H,24,25)/t13-,16-/m0/s1. The topological polar surface area (TPSA) is 73.3 Å². The van der Waals surface area contributed by atoms with E-state index in [1.807, 2.05) is 11.0 Å². The zero-order chi connectivity index (χ0) is 19.6. The molecule has 0 aliphatic carbocycles. The number of nitrogens with zero attached hydrogens (tertiary/aromatic N) is 3. The Balaban J connectivity index is 1.75. The van der Waals surface area contributed by atoms with E-state index in [4.69, 9.17) is 21.4 Å². The average Bonchev–Trinajstić information content (AvgIpc) is 2.92. The number of halogens is 1. The Morgan fingerprint density at radius 3 is 2.74 bits per heavy atom. The summed E-state index contributed by atoms with van der Waals surface area (Å²) in [7, 11) is 3.57. The van der Waals surface area contributed by atoms with Crippen molar-refractivity contribution in [3.05, 3.63) is 28.8 Å². The Morgan fingerprint density at radius 1 is 1.26 bits per heavy atom. The maximum atomic E-state index is 12.4. The second-order valence-electron chi connectivity index (χ2n) is 7.54. The summed E-state index contributed by atoms with van der Waals surface area (Å²) in [4.78, 5) is 29.2. The van der Waals surface area contributed by atoms with Crippen LogP contribution in [0, 0.1) is 5.92 Å². The van der Waals surface area contributed by atoms with E-state index in [-0.39, 0.29) is 18.7 Å². The molecule has 1 aromatic carbocycles. The lowest BCUT2D eigenvalue weighted by atomic mass is 9.94. The molecule has 3 heterocycles. The van der Waals surface area contributed by atoms with Gasteiger partial charge in [-0.3, -0.25) is 4.90 Å². The van der Waals surface area contributed by atoms with Crippen molar-refractivity contribution in [2.24, 2.45) is 5.92 Å². The van der Waals surface area contributed by atoms with Crippen molar-refractivity contribution in [3.63, 3.8) is 0 Å². The van der Waals surface area contributed by atoms with Crippen molar-refractivity contribution in [2.45, 2.75) is 25.4 Å². The number of piperidine rings is 1. The predicted octanol–water partition coefficient (Wildman–Crippen LogP) is 2.38. The molecule has 0 unspecified atom stereocenters. The molecule has 0 aromatic heterocycles. The van der Waals surface area contributed by atoms with Gasteiger partial charge in [-0.2, -0.15) is 0 Å². The zero-order valence-electron chi connectivity index (χ0n) is 15.7. The van der Waals surface area contributed by atoms with Crippen LogP contribution in [-0.2, 0) is 11.3 Å². The van der Waals surface area contributed by atoms with Gasteiger partial charge in [0.05, 0.1) is 0 Å². The van der Waals surface area contributed by atoms with Crippen LogP contribution in [-0.4, -0.2) is 78.2 Å². The molecule has 148 valence electrons. The van der Waals surface area contributed by atoms with E-state index < -0.39 is 5.97 Å². The molecule has 0 saturated carbocycles. The Labute approximate surface area is 164 Å². The van der Waals surface area contributed by atoms with Gasteiger partial charge in [-0.25, -0.2) is 9.59 Å². The third-order valence-corrected chi connectivity index (χ3v) is 5.46. The minimum Gasteiger partial charge on any atom is -0.482 e. The third-order valence-electron chi connectivity index (χ3n) is 5.23. The van der Waals surface area contributed by atoms with Gasteiger partial charge in [-0.05, 0) is 37.0 Å². The van der Waals surface area contributed by atoms with Crippen LogP contribution in [0.2, 0.25) is 5.02 Å². The number of carbonyl (C=O) groups is 2. The molecule has 3 aliphatic heterocycles. The summed E-state index contributed by atoms with van der Waals surface area (Å²) in [5.41, 5.74) is 0.877. The maximum absolute atomic E-state index is 12.4. The van der Waals surface area contributed by atoms with Crippen LogP contribution in [0.1, 0.15) is 18.4 Å². The van der Waals surface area contributed by atoms with Gasteiger partial charge in [-0.1, -0.05) is 11.6 Å². The Bertz CT molecular complexity index is 712.